The fourth-order valence-electron chi connectivity index (χ4n) is 5.20. The van der Waals surface area contributed by atoms with Crippen molar-refractivity contribution in [3.63, 3.8) is 0 Å². The van der Waals surface area contributed by atoms with E-state index in [1.165, 1.54) is 31.4 Å². The van der Waals surface area contributed by atoms with Gasteiger partial charge in [0, 0.05) is 30.2 Å². The summed E-state index contributed by atoms with van der Waals surface area (Å²) in [5, 5.41) is 12.6. The van der Waals surface area contributed by atoms with Gasteiger partial charge >= 0.3 is 5.97 Å². The lowest BCUT2D eigenvalue weighted by Gasteiger charge is -2.27. The van der Waals surface area contributed by atoms with Gasteiger partial charge in [0.25, 0.3) is 5.91 Å². The second-order valence-electron chi connectivity index (χ2n) is 9.74. The fraction of sp³-hybridized carbons (Fsp3) is 0.267. The molecule has 6 nitrogen and oxygen atoms in total. The Hall–Kier alpha value is -4.20. The quantitative estimate of drug-likeness (QED) is 0.314. The Labute approximate surface area is 218 Å². The molecule has 4 aromatic rings. The number of hydrogen-bond acceptors (Lipinski definition) is 3. The maximum Gasteiger partial charge on any atom is 0.306 e. The summed E-state index contributed by atoms with van der Waals surface area (Å²) in [6.07, 6.45) is 3.99. The third-order valence-corrected chi connectivity index (χ3v) is 7.28. The maximum absolute atomic E-state index is 14.7. The molecule has 1 heterocycles. The molecule has 0 bridgehead atoms. The molecule has 1 fully saturated rings. The van der Waals surface area contributed by atoms with E-state index in [1.54, 1.807) is 18.3 Å². The molecule has 0 radical (unpaired) electrons. The third-order valence-electron chi connectivity index (χ3n) is 7.28. The smallest absolute Gasteiger partial charge is 0.306 e. The van der Waals surface area contributed by atoms with Crippen LogP contribution in [0.1, 0.15) is 41.6 Å². The molecule has 0 atom stereocenters. The van der Waals surface area contributed by atoms with Crippen molar-refractivity contribution in [1.29, 1.82) is 0 Å². The van der Waals surface area contributed by atoms with Crippen molar-refractivity contribution in [1.82, 2.24) is 9.88 Å². The van der Waals surface area contributed by atoms with Gasteiger partial charge in [-0.1, -0.05) is 24.3 Å². The van der Waals surface area contributed by atoms with Crippen LogP contribution in [0.3, 0.4) is 0 Å². The number of carbonyl (C=O) groups is 2. The summed E-state index contributed by atoms with van der Waals surface area (Å²) in [5.41, 5.74) is 3.32. The number of aliphatic carboxylic acids is 1. The average molecular weight is 519 g/mol. The number of benzene rings is 3. The Morgan fingerprint density at radius 3 is 2.39 bits per heavy atom. The van der Waals surface area contributed by atoms with Crippen molar-refractivity contribution in [3.8, 4) is 16.9 Å². The summed E-state index contributed by atoms with van der Waals surface area (Å²) in [6.45, 7) is 0.406. The fourth-order valence-corrected chi connectivity index (χ4v) is 5.20. The average Bonchev–Trinajstić information content (AvgIpc) is 3.33. The highest BCUT2D eigenvalue weighted by Gasteiger charge is 2.27. The highest BCUT2D eigenvalue weighted by Crippen LogP contribution is 2.29. The predicted octanol–water partition coefficient (Wildman–Crippen LogP) is 6.02. The highest BCUT2D eigenvalue weighted by atomic mass is 19.1. The molecule has 0 spiro atoms. The molecular weight excluding hydrogens is 490 g/mol. The van der Waals surface area contributed by atoms with E-state index in [4.69, 9.17) is 4.74 Å². The number of hydrogen-bond donors (Lipinski definition) is 2. The van der Waals surface area contributed by atoms with E-state index >= 15 is 0 Å². The van der Waals surface area contributed by atoms with Crippen LogP contribution in [0.4, 0.5) is 8.78 Å². The first-order valence-corrected chi connectivity index (χ1v) is 12.6. The number of rotatable bonds is 7. The first-order chi connectivity index (χ1) is 18.3. The van der Waals surface area contributed by atoms with Gasteiger partial charge in [0.05, 0.1) is 24.1 Å². The highest BCUT2D eigenvalue weighted by molar-refractivity contribution is 6.06. The van der Waals surface area contributed by atoms with E-state index in [2.05, 4.69) is 5.32 Å². The van der Waals surface area contributed by atoms with Crippen molar-refractivity contribution in [2.24, 2.45) is 5.92 Å². The molecule has 1 amide bonds. The number of amides is 1. The van der Waals surface area contributed by atoms with Crippen LogP contribution < -0.4 is 10.1 Å². The minimum Gasteiger partial charge on any atom is -0.497 e. The number of nitrogens with one attached hydrogen (secondary N) is 1. The van der Waals surface area contributed by atoms with Gasteiger partial charge in [-0.3, -0.25) is 9.59 Å². The Morgan fingerprint density at radius 2 is 1.71 bits per heavy atom. The maximum atomic E-state index is 14.7. The van der Waals surface area contributed by atoms with Crippen molar-refractivity contribution < 1.29 is 28.2 Å². The number of carboxylic acid groups (broad SMARTS) is 1. The Kier molecular flexibility index (Phi) is 7.13. The van der Waals surface area contributed by atoms with Crippen LogP contribution in [-0.4, -0.2) is 34.7 Å². The number of nitrogens with zero attached hydrogens (tertiary/aromatic N) is 1. The molecule has 5 rings (SSSR count). The summed E-state index contributed by atoms with van der Waals surface area (Å²) in [6, 6.07) is 16.5. The lowest BCUT2D eigenvalue weighted by Crippen LogP contribution is -2.38. The third kappa shape index (κ3) is 5.25. The number of methoxy groups -OCH3 is 1. The van der Waals surface area contributed by atoms with Gasteiger partial charge in [-0.2, -0.15) is 0 Å². The van der Waals surface area contributed by atoms with Crippen LogP contribution in [0.15, 0.2) is 66.9 Å². The molecule has 196 valence electrons. The van der Waals surface area contributed by atoms with E-state index in [9.17, 15) is 23.5 Å². The molecule has 2 N–H and O–H groups in total. The zero-order chi connectivity index (χ0) is 26.8. The summed E-state index contributed by atoms with van der Waals surface area (Å²) in [5.74, 6) is -1.82. The molecule has 0 saturated heterocycles. The van der Waals surface area contributed by atoms with Gasteiger partial charge in [0.1, 0.15) is 17.4 Å². The lowest BCUT2D eigenvalue weighted by atomic mass is 9.86. The second-order valence-corrected chi connectivity index (χ2v) is 9.74. The summed E-state index contributed by atoms with van der Waals surface area (Å²) < 4.78 is 35.6. The predicted molar refractivity (Wildman–Crippen MR) is 140 cm³/mol. The first-order valence-electron chi connectivity index (χ1n) is 12.6. The lowest BCUT2D eigenvalue weighted by molar-refractivity contribution is -0.142. The van der Waals surface area contributed by atoms with Crippen LogP contribution in [0.5, 0.6) is 5.75 Å². The molecule has 38 heavy (non-hydrogen) atoms. The van der Waals surface area contributed by atoms with Gasteiger partial charge in [0.2, 0.25) is 0 Å². The molecule has 8 heteroatoms. The standard InChI is InChI=1S/C30H28F2N2O4/c1-38-24-15-21(14-22(31)16-24)19-4-2-18(3-5-19)17-34-13-12-25-27(32)11-10-26(28(25)34)29(35)33-23-8-6-20(7-9-23)30(36)37/h2-5,10-16,20,23H,6-9,17H2,1H3,(H,33,35)(H,36,37). The Bertz CT molecular complexity index is 1490. The van der Waals surface area contributed by atoms with Crippen LogP contribution in [0.25, 0.3) is 22.0 Å². The van der Waals surface area contributed by atoms with Gasteiger partial charge < -0.3 is 19.7 Å². The number of halogens is 2. The van der Waals surface area contributed by atoms with Crippen molar-refractivity contribution in [2.45, 2.75) is 38.3 Å². The molecule has 0 aliphatic heterocycles. The SMILES string of the molecule is COc1cc(F)cc(-c2ccc(Cn3ccc4c(F)ccc(C(=O)NC5CCC(C(=O)O)CC5)c43)cc2)c1. The topological polar surface area (TPSA) is 80.6 Å². The number of carbonyl (C=O) groups excluding carboxylic acids is 1. The van der Waals surface area contributed by atoms with Crippen LogP contribution >= 0.6 is 0 Å². The zero-order valence-electron chi connectivity index (χ0n) is 20.9. The Balaban J connectivity index is 1.37. The van der Waals surface area contributed by atoms with Gasteiger partial charge in [0.15, 0.2) is 0 Å². The number of aromatic nitrogens is 1. The van der Waals surface area contributed by atoms with Crippen molar-refractivity contribution in [3.05, 3.63) is 89.6 Å². The molecule has 1 aromatic heterocycles. The van der Waals surface area contributed by atoms with E-state index in [0.29, 0.717) is 60.0 Å². The summed E-state index contributed by atoms with van der Waals surface area (Å²) >= 11 is 0. The largest absolute Gasteiger partial charge is 0.497 e. The molecule has 1 saturated carbocycles. The summed E-state index contributed by atoms with van der Waals surface area (Å²) in [7, 11) is 1.49. The van der Waals surface area contributed by atoms with E-state index in [1.807, 2.05) is 28.8 Å². The number of fused-ring (bicyclic) bond motifs is 1. The van der Waals surface area contributed by atoms with Crippen molar-refractivity contribution >= 4 is 22.8 Å². The van der Waals surface area contributed by atoms with E-state index < -0.39 is 11.8 Å². The molecule has 1 aliphatic rings. The molecule has 1 aliphatic carbocycles. The van der Waals surface area contributed by atoms with Crippen LogP contribution in [-0.2, 0) is 11.3 Å². The monoisotopic (exact) mass is 518 g/mol. The Morgan fingerprint density at radius 1 is 0.974 bits per heavy atom. The minimum atomic E-state index is -0.795. The first kappa shape index (κ1) is 25.4. The molecular formula is C30H28F2N2O4. The van der Waals surface area contributed by atoms with E-state index in [0.717, 1.165) is 11.1 Å². The summed E-state index contributed by atoms with van der Waals surface area (Å²) in [4.78, 5) is 24.5. The van der Waals surface area contributed by atoms with Crippen LogP contribution in [0.2, 0.25) is 0 Å². The van der Waals surface area contributed by atoms with Gasteiger partial charge in [-0.15, -0.1) is 0 Å². The second kappa shape index (κ2) is 10.7. The minimum absolute atomic E-state index is 0.115. The zero-order valence-corrected chi connectivity index (χ0v) is 20.9. The van der Waals surface area contributed by atoms with Crippen LogP contribution in [0, 0.1) is 17.6 Å². The van der Waals surface area contributed by atoms with Gasteiger partial charge in [-0.05, 0) is 72.7 Å². The number of ether oxygens (including phenoxy) is 1. The number of carboxylic acids is 1. The van der Waals surface area contributed by atoms with E-state index in [-0.39, 0.29) is 23.7 Å². The molecule has 3 aromatic carbocycles. The van der Waals surface area contributed by atoms with Gasteiger partial charge in [-0.25, -0.2) is 8.78 Å². The van der Waals surface area contributed by atoms with Crippen molar-refractivity contribution in [2.75, 3.05) is 7.11 Å². The molecule has 0 unspecified atom stereocenters. The normalized spacial score (nSPS) is 17.3.